The summed E-state index contributed by atoms with van der Waals surface area (Å²) in [5, 5.41) is 2.89. The van der Waals surface area contributed by atoms with Crippen molar-refractivity contribution in [3.05, 3.63) is 60.2 Å². The van der Waals surface area contributed by atoms with Crippen LogP contribution in [0.1, 0.15) is 18.4 Å². The molecule has 1 N–H and O–H groups in total. The van der Waals surface area contributed by atoms with Crippen LogP contribution in [0.3, 0.4) is 0 Å². The smallest absolute Gasteiger partial charge is 0.248 e. The van der Waals surface area contributed by atoms with Crippen molar-refractivity contribution in [2.24, 2.45) is 0 Å². The van der Waals surface area contributed by atoms with E-state index in [1.54, 1.807) is 30.3 Å². The fourth-order valence-corrected chi connectivity index (χ4v) is 5.21. The highest BCUT2D eigenvalue weighted by Gasteiger charge is 2.25. The number of hydrogen-bond donors (Lipinski definition) is 1. The molecule has 0 aromatic heterocycles. The molecule has 2 aliphatic heterocycles. The van der Waals surface area contributed by atoms with Gasteiger partial charge in [0.25, 0.3) is 0 Å². The second-order valence-corrected chi connectivity index (χ2v) is 9.59. The van der Waals surface area contributed by atoms with E-state index in [4.69, 9.17) is 4.74 Å². The number of anilines is 2. The normalized spacial score (nSPS) is 17.9. The van der Waals surface area contributed by atoms with E-state index in [-0.39, 0.29) is 10.8 Å². The number of hydrogen-bond acceptors (Lipinski definition) is 5. The molecule has 0 bridgehead atoms. The number of benzene rings is 2. The average Bonchev–Trinajstić information content (AvgIpc) is 3.34. The summed E-state index contributed by atoms with van der Waals surface area (Å²) in [7, 11) is -3.52. The number of sulfonamides is 1. The number of nitrogens with one attached hydrogen (secondary N) is 1. The van der Waals surface area contributed by atoms with Gasteiger partial charge in [-0.15, -0.1) is 0 Å². The molecule has 0 radical (unpaired) electrons. The average molecular weight is 442 g/mol. The molecule has 2 heterocycles. The Morgan fingerprint density at radius 3 is 2.39 bits per heavy atom. The molecule has 2 saturated heterocycles. The third-order valence-corrected chi connectivity index (χ3v) is 7.41. The zero-order chi connectivity index (χ0) is 21.7. The van der Waals surface area contributed by atoms with Gasteiger partial charge < -0.3 is 15.0 Å². The molecule has 0 aliphatic carbocycles. The van der Waals surface area contributed by atoms with E-state index >= 15 is 0 Å². The van der Waals surface area contributed by atoms with Gasteiger partial charge in [-0.2, -0.15) is 4.31 Å². The van der Waals surface area contributed by atoms with Gasteiger partial charge in [-0.05, 0) is 54.8 Å². The van der Waals surface area contributed by atoms with Crippen molar-refractivity contribution >= 4 is 33.4 Å². The van der Waals surface area contributed by atoms with E-state index in [0.29, 0.717) is 26.3 Å². The lowest BCUT2D eigenvalue weighted by molar-refractivity contribution is -0.111. The molecule has 164 valence electrons. The fraction of sp³-hybridized carbons (Fsp3) is 0.348. The van der Waals surface area contributed by atoms with Crippen molar-refractivity contribution in [1.82, 2.24) is 4.31 Å². The quantitative estimate of drug-likeness (QED) is 0.698. The molecule has 0 saturated carbocycles. The number of morpholine rings is 1. The van der Waals surface area contributed by atoms with Gasteiger partial charge in [0.15, 0.2) is 0 Å². The number of amides is 1. The molecular weight excluding hydrogens is 414 g/mol. The molecule has 2 aromatic carbocycles. The molecule has 2 fully saturated rings. The molecule has 0 unspecified atom stereocenters. The van der Waals surface area contributed by atoms with Crippen LogP contribution in [0.25, 0.3) is 6.08 Å². The highest BCUT2D eigenvalue weighted by atomic mass is 32.2. The van der Waals surface area contributed by atoms with E-state index in [2.05, 4.69) is 16.3 Å². The Labute approximate surface area is 183 Å². The zero-order valence-electron chi connectivity index (χ0n) is 17.4. The molecule has 31 heavy (non-hydrogen) atoms. The van der Waals surface area contributed by atoms with Gasteiger partial charge in [-0.25, -0.2) is 8.42 Å². The van der Waals surface area contributed by atoms with Crippen LogP contribution in [0.5, 0.6) is 0 Å². The summed E-state index contributed by atoms with van der Waals surface area (Å²) in [4.78, 5) is 14.9. The van der Waals surface area contributed by atoms with Gasteiger partial charge >= 0.3 is 0 Å². The number of nitrogens with zero attached hydrogens (tertiary/aromatic N) is 2. The Kier molecular flexibility index (Phi) is 6.70. The first kappa shape index (κ1) is 21.5. The summed E-state index contributed by atoms with van der Waals surface area (Å²) in [5.41, 5.74) is 2.63. The Morgan fingerprint density at radius 1 is 0.968 bits per heavy atom. The third-order valence-electron chi connectivity index (χ3n) is 5.50. The minimum atomic E-state index is -3.52. The number of ether oxygens (including phenoxy) is 1. The summed E-state index contributed by atoms with van der Waals surface area (Å²) >= 11 is 0. The summed E-state index contributed by atoms with van der Waals surface area (Å²) in [6.07, 6.45) is 5.52. The summed E-state index contributed by atoms with van der Waals surface area (Å²) in [5.74, 6) is -0.233. The van der Waals surface area contributed by atoms with Gasteiger partial charge in [0.05, 0.1) is 18.1 Å². The van der Waals surface area contributed by atoms with Gasteiger partial charge in [-0.1, -0.05) is 18.2 Å². The van der Waals surface area contributed by atoms with E-state index < -0.39 is 10.0 Å². The molecule has 1 amide bonds. The minimum absolute atomic E-state index is 0.233. The van der Waals surface area contributed by atoms with Crippen LogP contribution in [-0.4, -0.2) is 58.0 Å². The monoisotopic (exact) mass is 441 g/mol. The van der Waals surface area contributed by atoms with E-state index in [1.165, 1.54) is 23.2 Å². The van der Waals surface area contributed by atoms with Gasteiger partial charge in [0, 0.05) is 43.6 Å². The maximum Gasteiger partial charge on any atom is 0.248 e. The number of carbonyl (C=O) groups excluding carboxylic acids is 1. The molecular formula is C23H27N3O4S. The van der Waals surface area contributed by atoms with Gasteiger partial charge in [0.1, 0.15) is 0 Å². The molecule has 2 aliphatic rings. The maximum absolute atomic E-state index is 12.7. The predicted octanol–water partition coefficient (Wildman–Crippen LogP) is 2.96. The molecule has 0 atom stereocenters. The molecule has 2 aromatic rings. The number of rotatable bonds is 6. The molecule has 0 spiro atoms. The number of carbonyl (C=O) groups is 1. The second-order valence-electron chi connectivity index (χ2n) is 7.65. The summed E-state index contributed by atoms with van der Waals surface area (Å²) in [6.45, 7) is 3.65. The van der Waals surface area contributed by atoms with E-state index in [1.807, 2.05) is 18.2 Å². The van der Waals surface area contributed by atoms with Crippen molar-refractivity contribution in [3.8, 4) is 0 Å². The predicted molar refractivity (Wildman–Crippen MR) is 122 cm³/mol. The lowest BCUT2D eigenvalue weighted by atomic mass is 10.2. The standard InChI is InChI=1S/C23H27N3O4S/c27-23(24-20-4-3-5-21(18-20)25-12-1-2-13-25)11-8-19-6-9-22(10-7-19)31(28,29)26-14-16-30-17-15-26/h3-11,18H,1-2,12-17H2,(H,24,27). The second kappa shape index (κ2) is 9.64. The highest BCUT2D eigenvalue weighted by Crippen LogP contribution is 2.23. The SMILES string of the molecule is O=C(C=Cc1ccc(S(=O)(=O)N2CCOCC2)cc1)Nc1cccc(N2CCCC2)c1. The fourth-order valence-electron chi connectivity index (χ4n) is 3.80. The van der Waals surface area contributed by atoms with Crippen LogP contribution < -0.4 is 10.2 Å². The van der Waals surface area contributed by atoms with Crippen LogP contribution in [-0.2, 0) is 19.6 Å². The topological polar surface area (TPSA) is 79.0 Å². The van der Waals surface area contributed by atoms with Crippen molar-refractivity contribution in [2.75, 3.05) is 49.6 Å². The lowest BCUT2D eigenvalue weighted by Crippen LogP contribution is -2.40. The summed E-state index contributed by atoms with van der Waals surface area (Å²) in [6, 6.07) is 14.4. The molecule has 7 nitrogen and oxygen atoms in total. The first-order valence-electron chi connectivity index (χ1n) is 10.5. The minimum Gasteiger partial charge on any atom is -0.379 e. The van der Waals surface area contributed by atoms with Crippen LogP contribution in [0.2, 0.25) is 0 Å². The van der Waals surface area contributed by atoms with E-state index in [0.717, 1.165) is 30.0 Å². The highest BCUT2D eigenvalue weighted by molar-refractivity contribution is 7.89. The van der Waals surface area contributed by atoms with Crippen molar-refractivity contribution in [1.29, 1.82) is 0 Å². The van der Waals surface area contributed by atoms with Crippen LogP contribution in [0.4, 0.5) is 11.4 Å². The van der Waals surface area contributed by atoms with Crippen LogP contribution >= 0.6 is 0 Å². The molecule has 4 rings (SSSR count). The zero-order valence-corrected chi connectivity index (χ0v) is 18.2. The van der Waals surface area contributed by atoms with Crippen molar-refractivity contribution in [3.63, 3.8) is 0 Å². The summed E-state index contributed by atoms with van der Waals surface area (Å²) < 4.78 is 32.0. The van der Waals surface area contributed by atoms with Crippen LogP contribution in [0.15, 0.2) is 59.5 Å². The van der Waals surface area contributed by atoms with E-state index in [9.17, 15) is 13.2 Å². The van der Waals surface area contributed by atoms with Gasteiger partial charge in [0.2, 0.25) is 15.9 Å². The Morgan fingerprint density at radius 2 is 1.68 bits per heavy atom. The van der Waals surface area contributed by atoms with Crippen LogP contribution in [0, 0.1) is 0 Å². The lowest BCUT2D eigenvalue weighted by Gasteiger charge is -2.26. The Balaban J connectivity index is 1.37. The largest absolute Gasteiger partial charge is 0.379 e. The van der Waals surface area contributed by atoms with Crippen molar-refractivity contribution < 1.29 is 17.9 Å². The maximum atomic E-state index is 12.7. The van der Waals surface area contributed by atoms with Crippen molar-refractivity contribution in [2.45, 2.75) is 17.7 Å². The molecule has 8 heteroatoms. The first-order chi connectivity index (χ1) is 15.0. The Hall–Kier alpha value is -2.68. The first-order valence-corrected chi connectivity index (χ1v) is 12.0. The third kappa shape index (κ3) is 5.33. The Bertz CT molecular complexity index is 1040. The van der Waals surface area contributed by atoms with Gasteiger partial charge in [-0.3, -0.25) is 4.79 Å².